The van der Waals surface area contributed by atoms with Crippen LogP contribution in [0.3, 0.4) is 0 Å². The predicted octanol–water partition coefficient (Wildman–Crippen LogP) is 4.31. The van der Waals surface area contributed by atoms with Crippen molar-refractivity contribution in [2.75, 3.05) is 6.61 Å². The summed E-state index contributed by atoms with van der Waals surface area (Å²) in [6, 6.07) is 6.41. The maximum absolute atomic E-state index is 11.0. The number of benzene rings is 1. The van der Waals surface area contributed by atoms with Gasteiger partial charge in [0.25, 0.3) is 5.78 Å². The molecule has 2 N–H and O–H groups in total. The fourth-order valence-electron chi connectivity index (χ4n) is 1.96. The van der Waals surface area contributed by atoms with Gasteiger partial charge in [0, 0.05) is 11.6 Å². The molecule has 0 saturated carbocycles. The molecule has 0 radical (unpaired) electrons. The summed E-state index contributed by atoms with van der Waals surface area (Å²) in [7, 11) is 0. The normalized spacial score (nSPS) is 11.8. The third kappa shape index (κ3) is 8.01. The molecule has 0 spiro atoms. The van der Waals surface area contributed by atoms with E-state index in [4.69, 9.17) is 9.84 Å². The number of carboxylic acid groups (broad SMARTS) is 1. The van der Waals surface area contributed by atoms with Gasteiger partial charge < -0.3 is 14.9 Å². The van der Waals surface area contributed by atoms with E-state index in [1.165, 1.54) is 11.1 Å². The van der Waals surface area contributed by atoms with E-state index >= 15 is 0 Å². The highest BCUT2D eigenvalue weighted by molar-refractivity contribution is 6.38. The number of ketones is 1. The number of carboxylic acids is 1. The van der Waals surface area contributed by atoms with Gasteiger partial charge >= 0.3 is 5.97 Å². The molecule has 1 aromatic carbocycles. The van der Waals surface area contributed by atoms with Gasteiger partial charge in [-0.1, -0.05) is 17.2 Å². The summed E-state index contributed by atoms with van der Waals surface area (Å²) < 4.78 is 5.60. The van der Waals surface area contributed by atoms with Crippen LogP contribution in [0.2, 0.25) is 0 Å². The summed E-state index contributed by atoms with van der Waals surface area (Å²) in [5.41, 5.74) is 2.91. The van der Waals surface area contributed by atoms with Crippen molar-refractivity contribution in [3.63, 3.8) is 0 Å². The Morgan fingerprint density at radius 1 is 1.04 bits per heavy atom. The number of rotatable bonds is 9. The number of carbonyl (C=O) groups is 2. The van der Waals surface area contributed by atoms with E-state index in [9.17, 15) is 14.7 Å². The zero-order chi connectivity index (χ0) is 18.8. The first-order chi connectivity index (χ1) is 11.8. The quantitative estimate of drug-likeness (QED) is 0.302. The molecular formula is C20H24O5. The number of aliphatic hydroxyl groups is 1. The van der Waals surface area contributed by atoms with E-state index in [1.54, 1.807) is 24.3 Å². The zero-order valence-electron chi connectivity index (χ0n) is 14.8. The summed E-state index contributed by atoms with van der Waals surface area (Å²) >= 11 is 0. The Kier molecular flexibility index (Phi) is 8.19. The van der Waals surface area contributed by atoms with Crippen molar-refractivity contribution in [2.45, 2.75) is 33.6 Å². The van der Waals surface area contributed by atoms with Gasteiger partial charge in [0.2, 0.25) is 0 Å². The minimum atomic E-state index is -1.61. The average molecular weight is 344 g/mol. The second-order valence-electron chi connectivity index (χ2n) is 5.90. The molecule has 1 rings (SSSR count). The number of ether oxygens (including phenoxy) is 1. The summed E-state index contributed by atoms with van der Waals surface area (Å²) in [4.78, 5) is 21.5. The molecule has 0 atom stereocenters. The molecule has 0 saturated heterocycles. The monoisotopic (exact) mass is 344 g/mol. The first-order valence-electron chi connectivity index (χ1n) is 7.99. The second kappa shape index (κ2) is 10.1. The first-order valence-corrected chi connectivity index (χ1v) is 7.99. The Bertz CT molecular complexity index is 689. The van der Waals surface area contributed by atoms with Crippen LogP contribution in [0, 0.1) is 0 Å². The molecule has 0 fully saturated rings. The average Bonchev–Trinajstić information content (AvgIpc) is 2.54. The number of carbonyl (C=O) groups excluding carboxylic acids is 1. The maximum Gasteiger partial charge on any atom is 0.376 e. The molecule has 25 heavy (non-hydrogen) atoms. The number of aliphatic carboxylic acids is 1. The molecule has 0 amide bonds. The second-order valence-corrected chi connectivity index (χ2v) is 5.90. The highest BCUT2D eigenvalue weighted by Crippen LogP contribution is 2.17. The van der Waals surface area contributed by atoms with E-state index in [0.29, 0.717) is 24.0 Å². The lowest BCUT2D eigenvalue weighted by Gasteiger charge is -2.06. The number of allylic oxidation sites excluding steroid dienone is 3. The molecule has 5 nitrogen and oxygen atoms in total. The number of aliphatic hydroxyl groups excluding tert-OH is 1. The molecule has 0 heterocycles. The van der Waals surface area contributed by atoms with Crippen molar-refractivity contribution >= 4 is 17.5 Å². The highest BCUT2D eigenvalue weighted by atomic mass is 16.5. The zero-order valence-corrected chi connectivity index (χ0v) is 14.8. The van der Waals surface area contributed by atoms with Gasteiger partial charge in [-0.25, -0.2) is 4.79 Å². The van der Waals surface area contributed by atoms with Crippen molar-refractivity contribution in [3.05, 3.63) is 59.2 Å². The van der Waals surface area contributed by atoms with Crippen LogP contribution in [-0.2, 0) is 9.59 Å². The van der Waals surface area contributed by atoms with E-state index in [-0.39, 0.29) is 0 Å². The van der Waals surface area contributed by atoms with Crippen LogP contribution in [0.15, 0.2) is 53.6 Å². The Labute approximate surface area is 147 Å². The Hall–Kier alpha value is -2.82. The number of hydrogen-bond donors (Lipinski definition) is 2. The van der Waals surface area contributed by atoms with Crippen LogP contribution in [0.4, 0.5) is 0 Å². The van der Waals surface area contributed by atoms with Crippen molar-refractivity contribution < 1.29 is 24.5 Å². The van der Waals surface area contributed by atoms with Gasteiger partial charge in [-0.05, 0) is 64.0 Å². The van der Waals surface area contributed by atoms with Crippen LogP contribution in [-0.4, -0.2) is 28.6 Å². The molecule has 0 aliphatic rings. The standard InChI is InChI=1S/C20H24O5/c1-14(2)5-4-6-15(3)11-12-25-17-9-7-16(8-10-17)18(21)13-19(22)20(23)24/h5,7-11,13,21H,4,6,12H2,1-3H3,(H,23,24)/b15-11+,18-13-. The fraction of sp³-hybridized carbons (Fsp3) is 0.300. The first kappa shape index (κ1) is 20.2. The summed E-state index contributed by atoms with van der Waals surface area (Å²) in [6.07, 6.45) is 6.90. The third-order valence-electron chi connectivity index (χ3n) is 3.40. The minimum absolute atomic E-state index is 0.343. The van der Waals surface area contributed by atoms with Crippen molar-refractivity contribution in [3.8, 4) is 5.75 Å². The van der Waals surface area contributed by atoms with Gasteiger partial charge in [0.15, 0.2) is 0 Å². The Morgan fingerprint density at radius 3 is 2.24 bits per heavy atom. The highest BCUT2D eigenvalue weighted by Gasteiger charge is 2.10. The third-order valence-corrected chi connectivity index (χ3v) is 3.40. The summed E-state index contributed by atoms with van der Waals surface area (Å²) in [5.74, 6) is -2.56. The SMILES string of the molecule is CC(C)=CCC/C(C)=C/COc1ccc(/C(O)=C/C(=O)C(=O)O)cc1. The molecule has 0 unspecified atom stereocenters. The van der Waals surface area contributed by atoms with Crippen molar-refractivity contribution in [1.29, 1.82) is 0 Å². The van der Waals surface area contributed by atoms with Crippen LogP contribution >= 0.6 is 0 Å². The molecule has 0 bridgehead atoms. The van der Waals surface area contributed by atoms with Crippen molar-refractivity contribution in [1.82, 2.24) is 0 Å². The van der Waals surface area contributed by atoms with E-state index in [0.717, 1.165) is 12.8 Å². The fourth-order valence-corrected chi connectivity index (χ4v) is 1.96. The topological polar surface area (TPSA) is 83.8 Å². The van der Waals surface area contributed by atoms with Crippen LogP contribution in [0.25, 0.3) is 5.76 Å². The van der Waals surface area contributed by atoms with Crippen LogP contribution in [0.5, 0.6) is 5.75 Å². The molecular weight excluding hydrogens is 320 g/mol. The Balaban J connectivity index is 2.56. The Morgan fingerprint density at radius 2 is 1.68 bits per heavy atom. The van der Waals surface area contributed by atoms with Crippen molar-refractivity contribution in [2.24, 2.45) is 0 Å². The molecule has 0 aromatic heterocycles. The van der Waals surface area contributed by atoms with E-state index in [2.05, 4.69) is 26.8 Å². The van der Waals surface area contributed by atoms with Gasteiger partial charge in [-0.3, -0.25) is 4.79 Å². The van der Waals surface area contributed by atoms with E-state index < -0.39 is 17.5 Å². The van der Waals surface area contributed by atoms with Gasteiger partial charge in [-0.2, -0.15) is 0 Å². The van der Waals surface area contributed by atoms with E-state index in [1.807, 2.05) is 6.08 Å². The number of hydrogen-bond acceptors (Lipinski definition) is 4. The molecule has 0 aliphatic carbocycles. The van der Waals surface area contributed by atoms with Gasteiger partial charge in [-0.15, -0.1) is 0 Å². The van der Waals surface area contributed by atoms with Crippen LogP contribution in [0.1, 0.15) is 39.2 Å². The van der Waals surface area contributed by atoms with Gasteiger partial charge in [0.05, 0.1) is 0 Å². The summed E-state index contributed by atoms with van der Waals surface area (Å²) in [5, 5.41) is 18.2. The largest absolute Gasteiger partial charge is 0.507 e. The van der Waals surface area contributed by atoms with Crippen LogP contribution < -0.4 is 4.74 Å². The minimum Gasteiger partial charge on any atom is -0.507 e. The van der Waals surface area contributed by atoms with Gasteiger partial charge in [0.1, 0.15) is 18.1 Å². The lowest BCUT2D eigenvalue weighted by Crippen LogP contribution is -2.09. The predicted molar refractivity (Wildman–Crippen MR) is 97.6 cm³/mol. The smallest absolute Gasteiger partial charge is 0.376 e. The molecule has 5 heteroatoms. The summed E-state index contributed by atoms with van der Waals surface area (Å²) in [6.45, 7) is 6.67. The molecule has 134 valence electrons. The maximum atomic E-state index is 11.0. The lowest BCUT2D eigenvalue weighted by molar-refractivity contribution is -0.146. The molecule has 1 aromatic rings. The molecule has 0 aliphatic heterocycles. The lowest BCUT2D eigenvalue weighted by atomic mass is 10.1.